The van der Waals surface area contributed by atoms with Gasteiger partial charge in [0.25, 0.3) is 0 Å². The zero-order valence-corrected chi connectivity index (χ0v) is 21.8. The highest BCUT2D eigenvalue weighted by Gasteiger charge is 2.15. The van der Waals surface area contributed by atoms with Crippen LogP contribution in [0.15, 0.2) is 158 Å². The van der Waals surface area contributed by atoms with Gasteiger partial charge in [0.15, 0.2) is 0 Å². The molecule has 0 atom stereocenters. The summed E-state index contributed by atoms with van der Waals surface area (Å²) in [6.45, 7) is 0. The largest absolute Gasteiger partial charge is 0.310 e. The van der Waals surface area contributed by atoms with Crippen LogP contribution in [0.5, 0.6) is 0 Å². The minimum atomic E-state index is 0.873. The number of hydrogen-bond acceptors (Lipinski definition) is 3. The predicted octanol–water partition coefficient (Wildman–Crippen LogP) is 9.22. The lowest BCUT2D eigenvalue weighted by Crippen LogP contribution is -2.11. The zero-order valence-electron chi connectivity index (χ0n) is 21.8. The van der Waals surface area contributed by atoms with Crippen LogP contribution >= 0.6 is 0 Å². The third-order valence-electron chi connectivity index (χ3n) is 7.07. The van der Waals surface area contributed by atoms with Gasteiger partial charge in [-0.3, -0.25) is 0 Å². The molecule has 0 saturated heterocycles. The van der Waals surface area contributed by atoms with E-state index in [9.17, 15) is 0 Å². The van der Waals surface area contributed by atoms with Crippen molar-refractivity contribution in [3.05, 3.63) is 158 Å². The minimum absolute atomic E-state index is 0.873. The van der Waals surface area contributed by atoms with Gasteiger partial charge >= 0.3 is 0 Å². The lowest BCUT2D eigenvalue weighted by atomic mass is 10.0. The SMILES string of the molecule is c1ccc(-c2ccc(N(c3ccc(-c4ccccc4)cc3)c3cccc(-n4nc5ccccc5n4)c3)cc2)cc1. The van der Waals surface area contributed by atoms with Crippen molar-refractivity contribution >= 4 is 28.1 Å². The van der Waals surface area contributed by atoms with Gasteiger partial charge in [0.05, 0.1) is 5.69 Å². The Kier molecular flexibility index (Phi) is 6.11. The Hall–Kier alpha value is -5.48. The average molecular weight is 515 g/mol. The molecule has 7 aromatic rings. The molecule has 0 saturated carbocycles. The molecule has 4 nitrogen and oxygen atoms in total. The molecule has 1 aromatic heterocycles. The molecular formula is C36H26N4. The third kappa shape index (κ3) is 4.63. The van der Waals surface area contributed by atoms with Crippen molar-refractivity contribution in [2.75, 3.05) is 4.90 Å². The van der Waals surface area contributed by atoms with Crippen LogP contribution in [0, 0.1) is 0 Å². The summed E-state index contributed by atoms with van der Waals surface area (Å²) in [6.07, 6.45) is 0. The van der Waals surface area contributed by atoms with Crippen LogP contribution in [0.4, 0.5) is 17.1 Å². The molecule has 0 aliphatic rings. The summed E-state index contributed by atoms with van der Waals surface area (Å²) >= 11 is 0. The molecule has 0 bridgehead atoms. The van der Waals surface area contributed by atoms with Crippen molar-refractivity contribution in [1.82, 2.24) is 15.0 Å². The van der Waals surface area contributed by atoms with Crippen LogP contribution in [-0.2, 0) is 0 Å². The molecule has 0 amide bonds. The second-order valence-corrected chi connectivity index (χ2v) is 9.66. The maximum Gasteiger partial charge on any atom is 0.113 e. The summed E-state index contributed by atoms with van der Waals surface area (Å²) in [7, 11) is 0. The smallest absolute Gasteiger partial charge is 0.113 e. The highest BCUT2D eigenvalue weighted by molar-refractivity contribution is 5.80. The van der Waals surface area contributed by atoms with E-state index in [2.05, 4.69) is 120 Å². The van der Waals surface area contributed by atoms with E-state index < -0.39 is 0 Å². The van der Waals surface area contributed by atoms with Crippen LogP contribution in [0.1, 0.15) is 0 Å². The normalized spacial score (nSPS) is 11.0. The van der Waals surface area contributed by atoms with Crippen molar-refractivity contribution in [2.45, 2.75) is 0 Å². The van der Waals surface area contributed by atoms with Crippen LogP contribution in [0.2, 0.25) is 0 Å². The summed E-state index contributed by atoms with van der Waals surface area (Å²) in [5.41, 5.74) is 10.6. The summed E-state index contributed by atoms with van der Waals surface area (Å²) < 4.78 is 0. The van der Waals surface area contributed by atoms with Gasteiger partial charge in [-0.05, 0) is 76.9 Å². The Labute approximate surface area is 233 Å². The second kappa shape index (κ2) is 10.4. The van der Waals surface area contributed by atoms with Crippen molar-refractivity contribution in [1.29, 1.82) is 0 Å². The third-order valence-corrected chi connectivity index (χ3v) is 7.07. The van der Waals surface area contributed by atoms with E-state index >= 15 is 0 Å². The average Bonchev–Trinajstić information content (AvgIpc) is 3.48. The van der Waals surface area contributed by atoms with Crippen molar-refractivity contribution in [2.24, 2.45) is 0 Å². The molecule has 0 unspecified atom stereocenters. The number of hydrogen-bond donors (Lipinski definition) is 0. The fourth-order valence-corrected chi connectivity index (χ4v) is 5.05. The Bertz CT molecular complexity index is 1760. The van der Waals surface area contributed by atoms with Crippen LogP contribution in [0.25, 0.3) is 39.0 Å². The molecule has 0 spiro atoms. The highest BCUT2D eigenvalue weighted by atomic mass is 15.5. The number of benzene rings is 6. The van der Waals surface area contributed by atoms with Gasteiger partial charge in [-0.25, -0.2) is 0 Å². The van der Waals surface area contributed by atoms with E-state index in [1.807, 2.05) is 42.5 Å². The second-order valence-electron chi connectivity index (χ2n) is 9.66. The Morgan fingerprint density at radius 1 is 0.375 bits per heavy atom. The monoisotopic (exact) mass is 514 g/mol. The van der Waals surface area contributed by atoms with E-state index in [0.717, 1.165) is 33.8 Å². The molecular weight excluding hydrogens is 488 g/mol. The number of nitrogens with zero attached hydrogens (tertiary/aromatic N) is 4. The maximum atomic E-state index is 4.71. The fourth-order valence-electron chi connectivity index (χ4n) is 5.05. The van der Waals surface area contributed by atoms with Gasteiger partial charge < -0.3 is 4.90 Å². The quantitative estimate of drug-likeness (QED) is 0.222. The molecule has 0 radical (unpaired) electrons. The molecule has 7 rings (SSSR count). The van der Waals surface area contributed by atoms with Crippen LogP contribution in [-0.4, -0.2) is 15.0 Å². The molecule has 190 valence electrons. The molecule has 0 fully saturated rings. The van der Waals surface area contributed by atoms with Gasteiger partial charge in [0, 0.05) is 17.1 Å². The zero-order chi connectivity index (χ0) is 26.7. The standard InChI is InChI=1S/C36H26N4/c1-3-10-27(11-4-1)29-18-22-31(23-19-29)39(32-24-20-30(21-25-32)28-12-5-2-6-13-28)33-14-9-15-34(26-33)40-37-35-16-7-8-17-36(35)38-40/h1-26H. The molecule has 1 heterocycles. The van der Waals surface area contributed by atoms with Crippen molar-refractivity contribution in [3.8, 4) is 27.9 Å². The first-order valence-electron chi connectivity index (χ1n) is 13.4. The van der Waals surface area contributed by atoms with Crippen LogP contribution in [0.3, 0.4) is 0 Å². The molecule has 0 aliphatic carbocycles. The molecule has 0 N–H and O–H groups in total. The number of aromatic nitrogens is 3. The van der Waals surface area contributed by atoms with Crippen molar-refractivity contribution in [3.63, 3.8) is 0 Å². The minimum Gasteiger partial charge on any atom is -0.310 e. The van der Waals surface area contributed by atoms with Gasteiger partial charge in [-0.15, -0.1) is 10.2 Å². The van der Waals surface area contributed by atoms with Gasteiger partial charge in [-0.1, -0.05) is 103 Å². The first-order chi connectivity index (χ1) is 19.8. The maximum absolute atomic E-state index is 4.71. The van der Waals surface area contributed by atoms with E-state index in [1.165, 1.54) is 22.3 Å². The topological polar surface area (TPSA) is 34.0 Å². The van der Waals surface area contributed by atoms with E-state index in [0.29, 0.717) is 0 Å². The molecule has 4 heteroatoms. The number of anilines is 3. The first kappa shape index (κ1) is 23.6. The van der Waals surface area contributed by atoms with Gasteiger partial charge in [0.1, 0.15) is 11.0 Å². The summed E-state index contributed by atoms with van der Waals surface area (Å²) in [5.74, 6) is 0. The van der Waals surface area contributed by atoms with Gasteiger partial charge in [0.2, 0.25) is 0 Å². The lowest BCUT2D eigenvalue weighted by molar-refractivity contribution is 0.765. The Balaban J connectivity index is 1.31. The molecule has 6 aromatic carbocycles. The first-order valence-corrected chi connectivity index (χ1v) is 13.4. The number of fused-ring (bicyclic) bond motifs is 1. The highest BCUT2D eigenvalue weighted by Crippen LogP contribution is 2.37. The van der Waals surface area contributed by atoms with Gasteiger partial charge in [-0.2, -0.15) is 4.80 Å². The van der Waals surface area contributed by atoms with Crippen molar-refractivity contribution < 1.29 is 0 Å². The Morgan fingerprint density at radius 3 is 1.32 bits per heavy atom. The number of rotatable bonds is 6. The van der Waals surface area contributed by atoms with Crippen LogP contribution < -0.4 is 4.90 Å². The summed E-state index contributed by atoms with van der Waals surface area (Å²) in [6, 6.07) is 54.7. The lowest BCUT2D eigenvalue weighted by Gasteiger charge is -2.26. The summed E-state index contributed by atoms with van der Waals surface area (Å²) in [5, 5.41) is 9.41. The fraction of sp³-hybridized carbons (Fsp3) is 0. The van der Waals surface area contributed by atoms with E-state index in [-0.39, 0.29) is 0 Å². The summed E-state index contributed by atoms with van der Waals surface area (Å²) in [4.78, 5) is 3.99. The molecule has 40 heavy (non-hydrogen) atoms. The van der Waals surface area contributed by atoms with E-state index in [4.69, 9.17) is 10.2 Å². The van der Waals surface area contributed by atoms with E-state index in [1.54, 1.807) is 4.80 Å². The Morgan fingerprint density at radius 2 is 0.825 bits per heavy atom. The molecule has 0 aliphatic heterocycles. The predicted molar refractivity (Wildman–Crippen MR) is 164 cm³/mol.